The number of hydrogen-bond donors (Lipinski definition) is 1. The SMILES string of the molecule is CN1C(=O)/C(=C/c2ccccc2OCc2ccc(C(=O)O)cc2)SC1=Nc1ccc(F)cc1. The maximum atomic E-state index is 13.1. The zero-order valence-corrected chi connectivity index (χ0v) is 18.4. The van der Waals surface area contributed by atoms with Crippen LogP contribution < -0.4 is 4.74 Å². The van der Waals surface area contributed by atoms with Crippen molar-refractivity contribution in [3.63, 3.8) is 0 Å². The highest BCUT2D eigenvalue weighted by molar-refractivity contribution is 8.18. The summed E-state index contributed by atoms with van der Waals surface area (Å²) < 4.78 is 19.1. The first-order valence-electron chi connectivity index (χ1n) is 9.96. The van der Waals surface area contributed by atoms with Gasteiger partial charge in [0.05, 0.1) is 16.2 Å². The maximum Gasteiger partial charge on any atom is 0.335 e. The van der Waals surface area contributed by atoms with Crippen LogP contribution >= 0.6 is 11.8 Å². The summed E-state index contributed by atoms with van der Waals surface area (Å²) in [5, 5.41) is 9.51. The highest BCUT2D eigenvalue weighted by atomic mass is 32.2. The molecule has 1 heterocycles. The van der Waals surface area contributed by atoms with Crippen LogP contribution in [0.15, 0.2) is 82.7 Å². The van der Waals surface area contributed by atoms with Gasteiger partial charge in [0, 0.05) is 12.6 Å². The number of hydrogen-bond acceptors (Lipinski definition) is 5. The van der Waals surface area contributed by atoms with Gasteiger partial charge in [-0.1, -0.05) is 30.3 Å². The molecular formula is C25H19FN2O4S. The van der Waals surface area contributed by atoms with Gasteiger partial charge in [-0.2, -0.15) is 0 Å². The molecule has 1 aliphatic heterocycles. The van der Waals surface area contributed by atoms with E-state index in [9.17, 15) is 14.0 Å². The van der Waals surface area contributed by atoms with E-state index < -0.39 is 5.97 Å². The van der Waals surface area contributed by atoms with Crippen LogP contribution in [0.3, 0.4) is 0 Å². The number of carbonyl (C=O) groups excluding carboxylic acids is 1. The van der Waals surface area contributed by atoms with Crippen LogP contribution in [0.1, 0.15) is 21.5 Å². The number of rotatable bonds is 6. The topological polar surface area (TPSA) is 79.2 Å². The monoisotopic (exact) mass is 462 g/mol. The minimum absolute atomic E-state index is 0.195. The van der Waals surface area contributed by atoms with Crippen LogP contribution in [0.5, 0.6) is 5.75 Å². The lowest BCUT2D eigenvalue weighted by Gasteiger charge is -2.10. The van der Waals surface area contributed by atoms with Gasteiger partial charge in [0.15, 0.2) is 5.17 Å². The number of aliphatic imine (C=N–C) groups is 1. The van der Waals surface area contributed by atoms with Crippen molar-refractivity contribution in [2.24, 2.45) is 4.99 Å². The largest absolute Gasteiger partial charge is 0.488 e. The summed E-state index contributed by atoms with van der Waals surface area (Å²) in [6.07, 6.45) is 1.75. The van der Waals surface area contributed by atoms with E-state index in [0.29, 0.717) is 21.5 Å². The Balaban J connectivity index is 1.52. The Labute approximate surface area is 194 Å². The molecule has 0 radical (unpaired) electrons. The van der Waals surface area contributed by atoms with Crippen molar-refractivity contribution in [2.75, 3.05) is 7.05 Å². The fourth-order valence-corrected chi connectivity index (χ4v) is 4.03. The van der Waals surface area contributed by atoms with Crippen molar-refractivity contribution in [2.45, 2.75) is 6.61 Å². The number of halogens is 1. The number of amidine groups is 1. The lowest BCUT2D eigenvalue weighted by molar-refractivity contribution is -0.121. The molecule has 0 spiro atoms. The molecule has 0 aliphatic carbocycles. The van der Waals surface area contributed by atoms with Gasteiger partial charge in [0.1, 0.15) is 18.2 Å². The molecule has 33 heavy (non-hydrogen) atoms. The molecule has 0 aromatic heterocycles. The molecule has 6 nitrogen and oxygen atoms in total. The van der Waals surface area contributed by atoms with Crippen molar-refractivity contribution in [1.82, 2.24) is 4.90 Å². The lowest BCUT2D eigenvalue weighted by Crippen LogP contribution is -2.23. The Morgan fingerprint density at radius 2 is 1.79 bits per heavy atom. The van der Waals surface area contributed by atoms with Crippen molar-refractivity contribution < 1.29 is 23.8 Å². The Kier molecular flexibility index (Phi) is 6.55. The molecule has 166 valence electrons. The highest BCUT2D eigenvalue weighted by Gasteiger charge is 2.30. The molecule has 4 rings (SSSR count). The van der Waals surface area contributed by atoms with E-state index in [0.717, 1.165) is 11.1 Å². The van der Waals surface area contributed by atoms with Crippen LogP contribution in [-0.4, -0.2) is 34.1 Å². The zero-order valence-electron chi connectivity index (χ0n) is 17.6. The van der Waals surface area contributed by atoms with Crippen molar-refractivity contribution >= 4 is 40.6 Å². The molecule has 0 saturated carbocycles. The summed E-state index contributed by atoms with van der Waals surface area (Å²) in [4.78, 5) is 30.1. The number of ether oxygens (including phenoxy) is 1. The average molecular weight is 463 g/mol. The number of aromatic carboxylic acids is 1. The standard InChI is InChI=1S/C25H19FN2O4S/c1-28-23(29)22(33-25(28)27-20-12-10-19(26)11-13-20)14-18-4-2-3-5-21(18)32-15-16-6-8-17(9-7-16)24(30)31/h2-14H,15H2,1H3,(H,30,31)/b22-14-,27-25?. The lowest BCUT2D eigenvalue weighted by atomic mass is 10.1. The Morgan fingerprint density at radius 3 is 2.48 bits per heavy atom. The van der Waals surface area contributed by atoms with Crippen LogP contribution in [0, 0.1) is 5.82 Å². The third kappa shape index (κ3) is 5.30. The minimum atomic E-state index is -0.981. The maximum absolute atomic E-state index is 13.1. The van der Waals surface area contributed by atoms with Crippen molar-refractivity contribution in [3.05, 3.63) is 100 Å². The van der Waals surface area contributed by atoms with E-state index >= 15 is 0 Å². The molecule has 3 aromatic rings. The van der Waals surface area contributed by atoms with Gasteiger partial charge in [-0.05, 0) is 65.9 Å². The number of carboxylic acid groups (broad SMARTS) is 1. The number of carboxylic acids is 1. The molecule has 1 fully saturated rings. The summed E-state index contributed by atoms with van der Waals surface area (Å²) in [5.41, 5.74) is 2.31. The van der Waals surface area contributed by atoms with E-state index in [-0.39, 0.29) is 23.9 Å². The number of amides is 1. The molecule has 8 heteroatoms. The molecule has 1 aliphatic rings. The summed E-state index contributed by atoms with van der Waals surface area (Å²) >= 11 is 1.23. The van der Waals surface area contributed by atoms with E-state index in [1.165, 1.54) is 40.9 Å². The number of benzene rings is 3. The number of para-hydroxylation sites is 1. The summed E-state index contributed by atoms with van der Waals surface area (Å²) in [5.74, 6) is -0.935. The first kappa shape index (κ1) is 22.3. The van der Waals surface area contributed by atoms with Gasteiger partial charge in [-0.25, -0.2) is 14.2 Å². The normalized spacial score (nSPS) is 15.9. The van der Waals surface area contributed by atoms with Crippen molar-refractivity contribution in [3.8, 4) is 5.75 Å². The second-order valence-electron chi connectivity index (χ2n) is 7.17. The van der Waals surface area contributed by atoms with Crippen LogP contribution in [0.2, 0.25) is 0 Å². The number of likely N-dealkylation sites (N-methyl/N-ethyl adjacent to an activating group) is 1. The third-order valence-corrected chi connectivity index (χ3v) is 5.92. The summed E-state index contributed by atoms with van der Waals surface area (Å²) in [6, 6.07) is 19.5. The molecule has 1 amide bonds. The Morgan fingerprint density at radius 1 is 1.09 bits per heavy atom. The predicted octanol–water partition coefficient (Wildman–Crippen LogP) is 5.34. The van der Waals surface area contributed by atoms with Crippen LogP contribution in [0.4, 0.5) is 10.1 Å². The van der Waals surface area contributed by atoms with E-state index in [4.69, 9.17) is 9.84 Å². The van der Waals surface area contributed by atoms with Gasteiger partial charge in [0.25, 0.3) is 5.91 Å². The summed E-state index contributed by atoms with van der Waals surface area (Å²) in [7, 11) is 1.64. The zero-order chi connectivity index (χ0) is 23.4. The van der Waals surface area contributed by atoms with Crippen molar-refractivity contribution in [1.29, 1.82) is 0 Å². The molecule has 0 unspecified atom stereocenters. The number of thioether (sulfide) groups is 1. The quantitative estimate of drug-likeness (QED) is 0.501. The molecule has 0 bridgehead atoms. The molecule has 0 atom stereocenters. The first-order valence-corrected chi connectivity index (χ1v) is 10.8. The fourth-order valence-electron chi connectivity index (χ4n) is 3.05. The number of nitrogens with zero attached hydrogens (tertiary/aromatic N) is 2. The average Bonchev–Trinajstić information content (AvgIpc) is 3.08. The molecular weight excluding hydrogens is 443 g/mol. The van der Waals surface area contributed by atoms with Crippen LogP contribution in [-0.2, 0) is 11.4 Å². The highest BCUT2D eigenvalue weighted by Crippen LogP contribution is 2.34. The van der Waals surface area contributed by atoms with Crippen LogP contribution in [0.25, 0.3) is 6.08 Å². The molecule has 1 saturated heterocycles. The Bertz CT molecular complexity index is 1250. The minimum Gasteiger partial charge on any atom is -0.488 e. The molecule has 1 N–H and O–H groups in total. The van der Waals surface area contributed by atoms with Gasteiger partial charge in [-0.15, -0.1) is 0 Å². The Hall–Kier alpha value is -3.91. The smallest absolute Gasteiger partial charge is 0.335 e. The second kappa shape index (κ2) is 9.70. The van der Waals surface area contributed by atoms with Gasteiger partial charge >= 0.3 is 5.97 Å². The first-order chi connectivity index (χ1) is 15.9. The van der Waals surface area contributed by atoms with Gasteiger partial charge < -0.3 is 9.84 Å². The second-order valence-corrected chi connectivity index (χ2v) is 8.18. The third-order valence-electron chi connectivity index (χ3n) is 4.86. The van der Waals surface area contributed by atoms with E-state index in [1.807, 2.05) is 18.2 Å². The van der Waals surface area contributed by atoms with E-state index in [1.54, 1.807) is 43.5 Å². The van der Waals surface area contributed by atoms with E-state index in [2.05, 4.69) is 4.99 Å². The predicted molar refractivity (Wildman–Crippen MR) is 126 cm³/mol. The fraction of sp³-hybridized carbons (Fsp3) is 0.0800. The van der Waals surface area contributed by atoms with Gasteiger partial charge in [-0.3, -0.25) is 9.69 Å². The molecule has 3 aromatic carbocycles. The van der Waals surface area contributed by atoms with Gasteiger partial charge in [0.2, 0.25) is 0 Å². The number of carbonyl (C=O) groups is 2. The summed E-state index contributed by atoms with van der Waals surface area (Å²) in [6.45, 7) is 0.248.